The van der Waals surface area contributed by atoms with E-state index in [1.165, 1.54) is 22.4 Å². The van der Waals surface area contributed by atoms with Gasteiger partial charge in [0.1, 0.15) is 0 Å². The lowest BCUT2D eigenvalue weighted by molar-refractivity contribution is 1.14. The molecule has 0 spiro atoms. The average molecular weight is 241 g/mol. The first-order chi connectivity index (χ1) is 8.74. The van der Waals surface area contributed by atoms with Crippen molar-refractivity contribution in [2.75, 3.05) is 5.32 Å². The minimum absolute atomic E-state index is 0.878. The van der Waals surface area contributed by atoms with Crippen LogP contribution in [-0.4, -0.2) is 0 Å². The molecule has 0 unspecified atom stereocenters. The van der Waals surface area contributed by atoms with Gasteiger partial charge >= 0.3 is 0 Å². The van der Waals surface area contributed by atoms with Gasteiger partial charge in [0.05, 0.1) is 0 Å². The molecule has 0 saturated heterocycles. The standard InChI is InChI=1S/C15H17N.C2H6/c1-12-3-7-14(8-4-12)11-16-15-9-5-13(2)6-10-15;1-2/h3-10,16H,11H2,1-2H3;1-2H3. The van der Waals surface area contributed by atoms with Crippen LogP contribution >= 0.6 is 0 Å². The number of anilines is 1. The summed E-state index contributed by atoms with van der Waals surface area (Å²) in [7, 11) is 0. The molecule has 1 heteroatoms. The molecule has 0 fully saturated rings. The van der Waals surface area contributed by atoms with Gasteiger partial charge in [-0.25, -0.2) is 0 Å². The van der Waals surface area contributed by atoms with Gasteiger partial charge in [0.15, 0.2) is 0 Å². The Balaban J connectivity index is 0.000000771. The van der Waals surface area contributed by atoms with Crippen molar-refractivity contribution in [3.8, 4) is 0 Å². The predicted octanol–water partition coefficient (Wildman–Crippen LogP) is 4.94. The van der Waals surface area contributed by atoms with E-state index in [1.54, 1.807) is 0 Å². The summed E-state index contributed by atoms with van der Waals surface area (Å²) in [4.78, 5) is 0. The minimum Gasteiger partial charge on any atom is -0.381 e. The van der Waals surface area contributed by atoms with E-state index in [0.29, 0.717) is 0 Å². The first kappa shape index (κ1) is 14.3. The van der Waals surface area contributed by atoms with Gasteiger partial charge in [0.2, 0.25) is 0 Å². The van der Waals surface area contributed by atoms with E-state index in [9.17, 15) is 0 Å². The normalized spacial score (nSPS) is 9.33. The highest BCUT2D eigenvalue weighted by Gasteiger charge is 1.93. The molecule has 0 radical (unpaired) electrons. The third-order valence-electron chi connectivity index (χ3n) is 2.67. The smallest absolute Gasteiger partial charge is 0.0400 e. The lowest BCUT2D eigenvalue weighted by atomic mass is 10.1. The van der Waals surface area contributed by atoms with E-state index in [-0.39, 0.29) is 0 Å². The fourth-order valence-corrected chi connectivity index (χ4v) is 1.58. The Morgan fingerprint density at radius 2 is 1.17 bits per heavy atom. The summed E-state index contributed by atoms with van der Waals surface area (Å²) in [5.41, 5.74) is 5.08. The Morgan fingerprint density at radius 1 is 0.722 bits per heavy atom. The Bertz CT molecular complexity index is 395. The highest BCUT2D eigenvalue weighted by molar-refractivity contribution is 5.45. The van der Waals surface area contributed by atoms with Crippen LogP contribution in [0.1, 0.15) is 30.5 Å². The summed E-state index contributed by atoms with van der Waals surface area (Å²) in [6.45, 7) is 9.09. The predicted molar refractivity (Wildman–Crippen MR) is 81.0 cm³/mol. The fourth-order valence-electron chi connectivity index (χ4n) is 1.58. The molecule has 2 rings (SSSR count). The van der Waals surface area contributed by atoms with Crippen LogP contribution in [0.25, 0.3) is 0 Å². The van der Waals surface area contributed by atoms with E-state index in [4.69, 9.17) is 0 Å². The summed E-state index contributed by atoms with van der Waals surface area (Å²) in [5, 5.41) is 3.41. The number of nitrogens with one attached hydrogen (secondary N) is 1. The molecule has 0 heterocycles. The van der Waals surface area contributed by atoms with Gasteiger partial charge in [0.25, 0.3) is 0 Å². The van der Waals surface area contributed by atoms with Gasteiger partial charge in [-0.2, -0.15) is 0 Å². The zero-order chi connectivity index (χ0) is 13.4. The molecule has 0 aliphatic carbocycles. The van der Waals surface area contributed by atoms with Crippen molar-refractivity contribution in [1.82, 2.24) is 0 Å². The monoisotopic (exact) mass is 241 g/mol. The van der Waals surface area contributed by atoms with E-state index in [0.717, 1.165) is 6.54 Å². The van der Waals surface area contributed by atoms with Crippen molar-refractivity contribution in [3.05, 3.63) is 65.2 Å². The van der Waals surface area contributed by atoms with Gasteiger partial charge in [0, 0.05) is 12.2 Å². The Kier molecular flexibility index (Phi) is 5.99. The van der Waals surface area contributed by atoms with Crippen molar-refractivity contribution in [1.29, 1.82) is 0 Å². The van der Waals surface area contributed by atoms with Crippen LogP contribution in [0.4, 0.5) is 5.69 Å². The molecule has 18 heavy (non-hydrogen) atoms. The van der Waals surface area contributed by atoms with E-state index in [2.05, 4.69) is 67.7 Å². The fraction of sp³-hybridized carbons (Fsp3) is 0.294. The molecule has 0 bridgehead atoms. The highest BCUT2D eigenvalue weighted by Crippen LogP contribution is 2.11. The van der Waals surface area contributed by atoms with Gasteiger partial charge in [-0.05, 0) is 31.5 Å². The first-order valence-corrected chi connectivity index (χ1v) is 6.60. The van der Waals surface area contributed by atoms with Gasteiger partial charge in [-0.3, -0.25) is 0 Å². The Morgan fingerprint density at radius 3 is 1.67 bits per heavy atom. The summed E-state index contributed by atoms with van der Waals surface area (Å²) in [6.07, 6.45) is 0. The number of aryl methyl sites for hydroxylation is 2. The number of rotatable bonds is 3. The maximum Gasteiger partial charge on any atom is 0.0400 e. The second kappa shape index (κ2) is 7.54. The minimum atomic E-state index is 0.878. The van der Waals surface area contributed by atoms with Crippen molar-refractivity contribution >= 4 is 5.69 Å². The average Bonchev–Trinajstić information content (AvgIpc) is 2.42. The maximum atomic E-state index is 3.41. The van der Waals surface area contributed by atoms with Crippen LogP contribution in [-0.2, 0) is 6.54 Å². The van der Waals surface area contributed by atoms with E-state index >= 15 is 0 Å². The molecule has 0 saturated carbocycles. The molecule has 0 aromatic heterocycles. The molecular weight excluding hydrogens is 218 g/mol. The molecule has 0 aliphatic rings. The quantitative estimate of drug-likeness (QED) is 0.802. The molecule has 96 valence electrons. The van der Waals surface area contributed by atoms with E-state index < -0.39 is 0 Å². The Hall–Kier alpha value is -1.76. The van der Waals surface area contributed by atoms with E-state index in [1.807, 2.05) is 13.8 Å². The molecule has 0 aliphatic heterocycles. The zero-order valence-corrected chi connectivity index (χ0v) is 11.8. The molecule has 0 atom stereocenters. The van der Waals surface area contributed by atoms with Crippen molar-refractivity contribution in [3.63, 3.8) is 0 Å². The lowest BCUT2D eigenvalue weighted by Gasteiger charge is -2.07. The largest absolute Gasteiger partial charge is 0.381 e. The number of hydrogen-bond acceptors (Lipinski definition) is 1. The molecule has 1 nitrogen and oxygen atoms in total. The van der Waals surface area contributed by atoms with Crippen LogP contribution in [0.5, 0.6) is 0 Å². The van der Waals surface area contributed by atoms with Crippen LogP contribution in [0, 0.1) is 13.8 Å². The summed E-state index contributed by atoms with van der Waals surface area (Å²) >= 11 is 0. The number of benzene rings is 2. The zero-order valence-electron chi connectivity index (χ0n) is 11.8. The van der Waals surface area contributed by atoms with Gasteiger partial charge in [-0.15, -0.1) is 0 Å². The lowest BCUT2D eigenvalue weighted by Crippen LogP contribution is -1.98. The van der Waals surface area contributed by atoms with Crippen molar-refractivity contribution in [2.45, 2.75) is 34.2 Å². The first-order valence-electron chi connectivity index (χ1n) is 6.60. The summed E-state index contributed by atoms with van der Waals surface area (Å²) < 4.78 is 0. The third-order valence-corrected chi connectivity index (χ3v) is 2.67. The Labute approximate surface area is 111 Å². The van der Waals surface area contributed by atoms with Crippen LogP contribution in [0.15, 0.2) is 48.5 Å². The number of hydrogen-bond donors (Lipinski definition) is 1. The van der Waals surface area contributed by atoms with Crippen molar-refractivity contribution < 1.29 is 0 Å². The molecule has 1 N–H and O–H groups in total. The van der Waals surface area contributed by atoms with Crippen LogP contribution in [0.3, 0.4) is 0 Å². The molecular formula is C17H23N. The van der Waals surface area contributed by atoms with Gasteiger partial charge in [-0.1, -0.05) is 61.4 Å². The third kappa shape index (κ3) is 4.62. The summed E-state index contributed by atoms with van der Waals surface area (Å²) in [5.74, 6) is 0. The van der Waals surface area contributed by atoms with Crippen LogP contribution < -0.4 is 5.32 Å². The molecule has 2 aromatic rings. The SMILES string of the molecule is CC.Cc1ccc(CNc2ccc(C)cc2)cc1. The highest BCUT2D eigenvalue weighted by atomic mass is 14.9. The van der Waals surface area contributed by atoms with Crippen molar-refractivity contribution in [2.24, 2.45) is 0 Å². The second-order valence-corrected chi connectivity index (χ2v) is 4.21. The van der Waals surface area contributed by atoms with Crippen LogP contribution in [0.2, 0.25) is 0 Å². The second-order valence-electron chi connectivity index (χ2n) is 4.21. The van der Waals surface area contributed by atoms with Gasteiger partial charge < -0.3 is 5.32 Å². The molecule has 0 amide bonds. The summed E-state index contributed by atoms with van der Waals surface area (Å²) in [6, 6.07) is 17.1. The molecule has 2 aromatic carbocycles. The topological polar surface area (TPSA) is 12.0 Å². The maximum absolute atomic E-state index is 3.41.